The molecular weight excluding hydrogens is 472 g/mol. The number of nitrogens with zero attached hydrogens (tertiary/aromatic N) is 3. The maximum Gasteiger partial charge on any atom is 0.325 e. The van der Waals surface area contributed by atoms with E-state index in [1.54, 1.807) is 26.0 Å². The molecule has 1 aliphatic heterocycles. The molecule has 0 aliphatic carbocycles. The number of amides is 4. The lowest BCUT2D eigenvalue weighted by atomic mass is 10.0. The van der Waals surface area contributed by atoms with Gasteiger partial charge in [-0.3, -0.25) is 19.7 Å². The van der Waals surface area contributed by atoms with E-state index in [9.17, 15) is 28.0 Å². The highest BCUT2D eigenvalue weighted by Crippen LogP contribution is 2.24. The van der Waals surface area contributed by atoms with Crippen molar-refractivity contribution in [3.05, 3.63) is 54.1 Å². The highest BCUT2D eigenvalue weighted by molar-refractivity contribution is 7.91. The number of nitriles is 1. The number of carbonyl (C=O) groups is 3. The van der Waals surface area contributed by atoms with Gasteiger partial charge in [0.25, 0.3) is 5.91 Å². The van der Waals surface area contributed by atoms with E-state index in [0.717, 1.165) is 21.6 Å². The van der Waals surface area contributed by atoms with Crippen LogP contribution in [0.2, 0.25) is 0 Å². The van der Waals surface area contributed by atoms with Crippen molar-refractivity contribution in [1.82, 2.24) is 15.3 Å². The number of hydroxylamine groups is 2. The Hall–Kier alpha value is -3.75. The average molecular weight is 499 g/mol. The SMILES string of the molecule is CC1(C)NC(=O)N(CCC(CS(=O)(=O)c2ccc(-c3cccc(CC#N)c3)cc2)N(O)C=O)C1=O. The van der Waals surface area contributed by atoms with Crippen molar-refractivity contribution < 1.29 is 28.0 Å². The molecule has 0 bridgehead atoms. The second-order valence-electron chi connectivity index (χ2n) is 8.78. The Morgan fingerprint density at radius 2 is 1.86 bits per heavy atom. The van der Waals surface area contributed by atoms with Crippen molar-refractivity contribution in [2.75, 3.05) is 12.3 Å². The number of hydrogen-bond donors (Lipinski definition) is 2. The van der Waals surface area contributed by atoms with E-state index in [0.29, 0.717) is 0 Å². The van der Waals surface area contributed by atoms with Crippen molar-refractivity contribution in [2.45, 2.75) is 43.2 Å². The maximum absolute atomic E-state index is 13.0. The van der Waals surface area contributed by atoms with Crippen LogP contribution in [-0.2, 0) is 25.8 Å². The molecule has 0 saturated carbocycles. The molecule has 10 nitrogen and oxygen atoms in total. The van der Waals surface area contributed by atoms with Crippen molar-refractivity contribution in [1.29, 1.82) is 5.26 Å². The van der Waals surface area contributed by atoms with E-state index >= 15 is 0 Å². The van der Waals surface area contributed by atoms with Crippen molar-refractivity contribution in [3.63, 3.8) is 0 Å². The van der Waals surface area contributed by atoms with Gasteiger partial charge in [-0.2, -0.15) is 5.26 Å². The number of urea groups is 1. The molecule has 3 rings (SSSR count). The summed E-state index contributed by atoms with van der Waals surface area (Å²) in [5.41, 5.74) is 1.35. The van der Waals surface area contributed by atoms with Gasteiger partial charge in [0.1, 0.15) is 5.54 Å². The van der Waals surface area contributed by atoms with Crippen LogP contribution in [0.3, 0.4) is 0 Å². The molecule has 1 saturated heterocycles. The van der Waals surface area contributed by atoms with Gasteiger partial charge in [0.2, 0.25) is 6.41 Å². The maximum atomic E-state index is 13.0. The van der Waals surface area contributed by atoms with E-state index in [-0.39, 0.29) is 35.8 Å². The number of carbonyl (C=O) groups excluding carboxylic acids is 3. The zero-order chi connectivity index (χ0) is 25.8. The molecule has 0 radical (unpaired) electrons. The predicted octanol–water partition coefficient (Wildman–Crippen LogP) is 2.13. The first-order chi connectivity index (χ1) is 16.5. The van der Waals surface area contributed by atoms with Crippen LogP contribution in [0, 0.1) is 11.3 Å². The van der Waals surface area contributed by atoms with E-state index < -0.39 is 39.1 Å². The van der Waals surface area contributed by atoms with Crippen molar-refractivity contribution in [2.24, 2.45) is 0 Å². The minimum atomic E-state index is -3.93. The molecule has 1 heterocycles. The standard InChI is InChI=1S/C24H26N4O6S/c1-24(2)22(30)27(23(31)26-24)13-11-20(28(32)16-29)15-35(33,34)21-8-6-18(7-9-21)19-5-3-4-17(14-19)10-12-25/h3-9,14,16,20,32H,10-11,13,15H2,1-2H3,(H,26,31). The van der Waals surface area contributed by atoms with Gasteiger partial charge in [-0.1, -0.05) is 36.4 Å². The van der Waals surface area contributed by atoms with E-state index in [1.165, 1.54) is 12.1 Å². The number of rotatable bonds is 10. The Morgan fingerprint density at radius 1 is 1.17 bits per heavy atom. The first-order valence-corrected chi connectivity index (χ1v) is 12.5. The summed E-state index contributed by atoms with van der Waals surface area (Å²) in [6.07, 6.45) is 0.221. The smallest absolute Gasteiger partial charge is 0.324 e. The summed E-state index contributed by atoms with van der Waals surface area (Å²) in [6, 6.07) is 13.8. The van der Waals surface area contributed by atoms with Crippen LogP contribution < -0.4 is 5.32 Å². The van der Waals surface area contributed by atoms with Crippen LogP contribution in [0.1, 0.15) is 25.8 Å². The zero-order valence-electron chi connectivity index (χ0n) is 19.3. The van der Waals surface area contributed by atoms with Gasteiger partial charge >= 0.3 is 6.03 Å². The fourth-order valence-electron chi connectivity index (χ4n) is 3.83. The molecule has 35 heavy (non-hydrogen) atoms. The summed E-state index contributed by atoms with van der Waals surface area (Å²) >= 11 is 0. The summed E-state index contributed by atoms with van der Waals surface area (Å²) in [4.78, 5) is 36.6. The summed E-state index contributed by atoms with van der Waals surface area (Å²) in [5, 5.41) is 21.6. The lowest BCUT2D eigenvalue weighted by Crippen LogP contribution is -2.42. The Kier molecular flexibility index (Phi) is 7.57. The lowest BCUT2D eigenvalue weighted by molar-refractivity contribution is -0.158. The van der Waals surface area contributed by atoms with Gasteiger partial charge in [-0.15, -0.1) is 0 Å². The highest BCUT2D eigenvalue weighted by Gasteiger charge is 2.44. The van der Waals surface area contributed by atoms with Crippen LogP contribution in [0.5, 0.6) is 0 Å². The van der Waals surface area contributed by atoms with Crippen LogP contribution >= 0.6 is 0 Å². The second-order valence-corrected chi connectivity index (χ2v) is 10.8. The van der Waals surface area contributed by atoms with E-state index in [1.807, 2.05) is 24.3 Å². The molecule has 1 unspecified atom stereocenters. The third-order valence-electron chi connectivity index (χ3n) is 5.78. The summed E-state index contributed by atoms with van der Waals surface area (Å²) in [6.45, 7) is 2.92. The topological polar surface area (TPSA) is 148 Å². The molecule has 11 heteroatoms. The van der Waals surface area contributed by atoms with Gasteiger partial charge in [-0.25, -0.2) is 18.3 Å². The molecule has 1 atom stereocenters. The van der Waals surface area contributed by atoms with Crippen LogP contribution in [-0.4, -0.2) is 65.8 Å². The number of imide groups is 1. The largest absolute Gasteiger partial charge is 0.325 e. The monoisotopic (exact) mass is 498 g/mol. The van der Waals surface area contributed by atoms with Crippen LogP contribution in [0.15, 0.2) is 53.4 Å². The Balaban J connectivity index is 1.75. The molecular formula is C24H26N4O6S. The van der Waals surface area contributed by atoms with Crippen molar-refractivity contribution >= 4 is 28.2 Å². The summed E-state index contributed by atoms with van der Waals surface area (Å²) in [7, 11) is -3.93. The highest BCUT2D eigenvalue weighted by atomic mass is 32.2. The molecule has 1 aliphatic rings. The quantitative estimate of drug-likeness (QED) is 0.221. The fourth-order valence-corrected chi connectivity index (χ4v) is 5.40. The van der Waals surface area contributed by atoms with Crippen LogP contribution in [0.4, 0.5) is 4.79 Å². The Bertz CT molecular complexity index is 1270. The first kappa shape index (κ1) is 25.9. The molecule has 0 spiro atoms. The molecule has 2 N–H and O–H groups in total. The first-order valence-electron chi connectivity index (χ1n) is 10.8. The predicted molar refractivity (Wildman–Crippen MR) is 126 cm³/mol. The van der Waals surface area contributed by atoms with Crippen molar-refractivity contribution in [3.8, 4) is 17.2 Å². The molecule has 184 valence electrons. The number of hydrogen-bond acceptors (Lipinski definition) is 7. The zero-order valence-corrected chi connectivity index (χ0v) is 20.2. The summed E-state index contributed by atoms with van der Waals surface area (Å²) in [5.74, 6) is -1.08. The summed E-state index contributed by atoms with van der Waals surface area (Å²) < 4.78 is 26.1. The normalized spacial score (nSPS) is 15.9. The Morgan fingerprint density at radius 3 is 2.43 bits per heavy atom. The average Bonchev–Trinajstić information content (AvgIpc) is 3.02. The van der Waals surface area contributed by atoms with E-state index in [2.05, 4.69) is 11.4 Å². The van der Waals surface area contributed by atoms with Gasteiger partial charge in [-0.05, 0) is 49.1 Å². The third kappa shape index (κ3) is 5.85. The molecule has 2 aromatic rings. The van der Waals surface area contributed by atoms with Crippen LogP contribution in [0.25, 0.3) is 11.1 Å². The Labute approximate surface area is 203 Å². The molecule has 0 aromatic heterocycles. The van der Waals surface area contributed by atoms with Gasteiger partial charge in [0.05, 0.1) is 29.2 Å². The molecule has 2 aromatic carbocycles. The lowest BCUT2D eigenvalue weighted by Gasteiger charge is -2.24. The molecule has 1 fully saturated rings. The third-order valence-corrected chi connectivity index (χ3v) is 7.60. The number of nitrogens with one attached hydrogen (secondary N) is 1. The minimum absolute atomic E-state index is 0.00477. The van der Waals surface area contributed by atoms with Gasteiger partial charge < -0.3 is 5.32 Å². The van der Waals surface area contributed by atoms with Gasteiger partial charge in [0.15, 0.2) is 9.84 Å². The number of sulfone groups is 1. The fraction of sp³-hybridized carbons (Fsp3) is 0.333. The number of benzene rings is 2. The molecule has 4 amide bonds. The van der Waals surface area contributed by atoms with Gasteiger partial charge in [0, 0.05) is 6.54 Å². The van der Waals surface area contributed by atoms with E-state index in [4.69, 9.17) is 5.26 Å². The minimum Gasteiger partial charge on any atom is -0.324 e. The second kappa shape index (κ2) is 10.2.